The molecule has 1 aromatic carbocycles. The van der Waals surface area contributed by atoms with Crippen LogP contribution in [0, 0.1) is 11.8 Å². The zero-order valence-electron chi connectivity index (χ0n) is 11.2. The number of ether oxygens (including phenoxy) is 1. The number of benzene rings is 1. The van der Waals surface area contributed by atoms with Gasteiger partial charge < -0.3 is 9.84 Å². The van der Waals surface area contributed by atoms with E-state index in [1.54, 1.807) is 0 Å². The van der Waals surface area contributed by atoms with Crippen LogP contribution in [0.4, 0.5) is 13.2 Å². The fraction of sp³-hybridized carbons (Fsp3) is 0.600. The van der Waals surface area contributed by atoms with Crippen molar-refractivity contribution in [3.63, 3.8) is 0 Å². The smallest absolute Gasteiger partial charge is 0.419 e. The van der Waals surface area contributed by atoms with Crippen molar-refractivity contribution in [1.29, 1.82) is 0 Å². The molecule has 1 saturated carbocycles. The molecule has 1 aliphatic carbocycles. The van der Waals surface area contributed by atoms with Gasteiger partial charge in [0.25, 0.3) is 0 Å². The van der Waals surface area contributed by atoms with E-state index in [0.29, 0.717) is 5.92 Å². The predicted octanol–water partition coefficient (Wildman–Crippen LogP) is 3.88. The van der Waals surface area contributed by atoms with Crippen molar-refractivity contribution in [1.82, 2.24) is 0 Å². The van der Waals surface area contributed by atoms with Crippen LogP contribution in [0.25, 0.3) is 0 Å². The highest BCUT2D eigenvalue weighted by Crippen LogP contribution is 2.37. The summed E-state index contributed by atoms with van der Waals surface area (Å²) in [5.74, 6) is 0.119. The molecule has 112 valence electrons. The van der Waals surface area contributed by atoms with E-state index in [-0.39, 0.29) is 24.9 Å². The molecule has 0 heterocycles. The van der Waals surface area contributed by atoms with Gasteiger partial charge in [0.2, 0.25) is 0 Å². The highest BCUT2D eigenvalue weighted by atomic mass is 19.4. The summed E-state index contributed by atoms with van der Waals surface area (Å²) >= 11 is 0. The Morgan fingerprint density at radius 3 is 2.45 bits per heavy atom. The second-order valence-corrected chi connectivity index (χ2v) is 5.29. The van der Waals surface area contributed by atoms with Crippen molar-refractivity contribution in [2.24, 2.45) is 11.8 Å². The number of para-hydroxylation sites is 1. The largest absolute Gasteiger partial charge is 0.493 e. The lowest BCUT2D eigenvalue weighted by atomic mass is 9.92. The van der Waals surface area contributed by atoms with Crippen LogP contribution in [0.5, 0.6) is 5.75 Å². The molecule has 20 heavy (non-hydrogen) atoms. The third-order valence-electron chi connectivity index (χ3n) is 3.95. The summed E-state index contributed by atoms with van der Waals surface area (Å²) in [6, 6.07) is 5.20. The molecule has 0 aliphatic heterocycles. The molecule has 1 fully saturated rings. The van der Waals surface area contributed by atoms with Crippen molar-refractivity contribution in [3.8, 4) is 5.75 Å². The molecule has 0 aromatic heterocycles. The monoisotopic (exact) mass is 288 g/mol. The van der Waals surface area contributed by atoms with E-state index >= 15 is 0 Å². The van der Waals surface area contributed by atoms with Crippen LogP contribution in [-0.4, -0.2) is 18.3 Å². The second kappa shape index (κ2) is 6.48. The molecule has 1 N–H and O–H groups in total. The summed E-state index contributed by atoms with van der Waals surface area (Å²) < 4.78 is 43.8. The van der Waals surface area contributed by atoms with E-state index in [4.69, 9.17) is 4.74 Å². The number of rotatable bonds is 5. The molecule has 0 bridgehead atoms. The van der Waals surface area contributed by atoms with E-state index in [9.17, 15) is 18.3 Å². The third-order valence-corrected chi connectivity index (χ3v) is 3.95. The Hall–Kier alpha value is -1.23. The molecular weight excluding hydrogens is 269 g/mol. The Morgan fingerprint density at radius 2 is 1.85 bits per heavy atom. The Morgan fingerprint density at radius 1 is 1.20 bits per heavy atom. The van der Waals surface area contributed by atoms with Gasteiger partial charge in [-0.1, -0.05) is 25.0 Å². The van der Waals surface area contributed by atoms with E-state index < -0.39 is 11.7 Å². The molecule has 0 radical (unpaired) electrons. The number of aliphatic hydroxyl groups excluding tert-OH is 1. The summed E-state index contributed by atoms with van der Waals surface area (Å²) in [5.41, 5.74) is -0.761. The molecule has 5 heteroatoms. The first-order valence-corrected chi connectivity index (χ1v) is 6.92. The molecule has 1 atom stereocenters. The summed E-state index contributed by atoms with van der Waals surface area (Å²) in [6.45, 7) is 0.0904. The Kier molecular flexibility index (Phi) is 4.91. The first-order chi connectivity index (χ1) is 9.52. The number of hydrogen-bond acceptors (Lipinski definition) is 2. The van der Waals surface area contributed by atoms with Gasteiger partial charge in [0.1, 0.15) is 5.75 Å². The zero-order valence-corrected chi connectivity index (χ0v) is 11.2. The molecule has 0 amide bonds. The normalized spacial score (nSPS) is 18.2. The van der Waals surface area contributed by atoms with Gasteiger partial charge in [-0.05, 0) is 30.9 Å². The highest BCUT2D eigenvalue weighted by Gasteiger charge is 2.34. The summed E-state index contributed by atoms with van der Waals surface area (Å²) in [6.07, 6.45) is -0.121. The molecule has 2 rings (SSSR count). The Balaban J connectivity index is 2.02. The maximum Gasteiger partial charge on any atom is 0.419 e. The molecule has 0 spiro atoms. The van der Waals surface area contributed by atoms with E-state index in [2.05, 4.69) is 0 Å². The van der Waals surface area contributed by atoms with Crippen LogP contribution in [0.1, 0.15) is 31.2 Å². The van der Waals surface area contributed by atoms with Crippen molar-refractivity contribution in [2.45, 2.75) is 31.9 Å². The van der Waals surface area contributed by atoms with Crippen LogP contribution in [0.3, 0.4) is 0 Å². The topological polar surface area (TPSA) is 29.5 Å². The molecular formula is C15H19F3O2. The van der Waals surface area contributed by atoms with Gasteiger partial charge in [-0.15, -0.1) is 0 Å². The Labute approximate surface area is 116 Å². The number of aliphatic hydroxyl groups is 1. The lowest BCUT2D eigenvalue weighted by Gasteiger charge is -2.22. The van der Waals surface area contributed by atoms with Gasteiger partial charge in [0.05, 0.1) is 12.2 Å². The lowest BCUT2D eigenvalue weighted by Crippen LogP contribution is -2.24. The average molecular weight is 288 g/mol. The minimum absolute atomic E-state index is 0.0428. The summed E-state index contributed by atoms with van der Waals surface area (Å²) in [4.78, 5) is 0. The standard InChI is InChI=1S/C15H19F3O2/c16-15(17,18)13-7-3-4-8-14(13)20-10-12(9-19)11-5-1-2-6-11/h3-4,7-8,11-12,19H,1-2,5-6,9-10H2. The third kappa shape index (κ3) is 3.66. The second-order valence-electron chi connectivity index (χ2n) is 5.29. The van der Waals surface area contributed by atoms with Gasteiger partial charge >= 0.3 is 6.18 Å². The Bertz CT molecular complexity index is 425. The van der Waals surface area contributed by atoms with Crippen molar-refractivity contribution < 1.29 is 23.0 Å². The number of alkyl halides is 3. The zero-order chi connectivity index (χ0) is 14.6. The first kappa shape index (κ1) is 15.2. The number of halogens is 3. The van der Waals surface area contributed by atoms with Gasteiger partial charge in [0, 0.05) is 12.5 Å². The molecule has 0 saturated heterocycles. The van der Waals surface area contributed by atoms with Crippen LogP contribution in [0.15, 0.2) is 24.3 Å². The quantitative estimate of drug-likeness (QED) is 0.891. The minimum Gasteiger partial charge on any atom is -0.493 e. The summed E-state index contributed by atoms with van der Waals surface area (Å²) in [7, 11) is 0. The van der Waals surface area contributed by atoms with Crippen LogP contribution in [0.2, 0.25) is 0 Å². The first-order valence-electron chi connectivity index (χ1n) is 6.92. The van der Waals surface area contributed by atoms with Crippen molar-refractivity contribution in [3.05, 3.63) is 29.8 Å². The van der Waals surface area contributed by atoms with Crippen molar-refractivity contribution in [2.75, 3.05) is 13.2 Å². The maximum absolute atomic E-state index is 12.8. The van der Waals surface area contributed by atoms with E-state index in [0.717, 1.165) is 31.7 Å². The fourth-order valence-electron chi connectivity index (χ4n) is 2.79. The highest BCUT2D eigenvalue weighted by molar-refractivity contribution is 5.35. The van der Waals surface area contributed by atoms with Crippen LogP contribution < -0.4 is 4.74 Å². The number of hydrogen-bond donors (Lipinski definition) is 1. The van der Waals surface area contributed by atoms with Gasteiger partial charge in [-0.25, -0.2) is 0 Å². The van der Waals surface area contributed by atoms with Gasteiger partial charge in [0.15, 0.2) is 0 Å². The van der Waals surface area contributed by atoms with Gasteiger partial charge in [-0.3, -0.25) is 0 Å². The molecule has 1 aromatic rings. The SMILES string of the molecule is OCC(COc1ccccc1C(F)(F)F)C1CCCC1. The predicted molar refractivity (Wildman–Crippen MR) is 69.5 cm³/mol. The van der Waals surface area contributed by atoms with Gasteiger partial charge in [-0.2, -0.15) is 13.2 Å². The molecule has 2 nitrogen and oxygen atoms in total. The molecule has 1 aliphatic rings. The molecule has 1 unspecified atom stereocenters. The van der Waals surface area contributed by atoms with Crippen molar-refractivity contribution >= 4 is 0 Å². The van der Waals surface area contributed by atoms with E-state index in [1.807, 2.05) is 0 Å². The van der Waals surface area contributed by atoms with Crippen LogP contribution >= 0.6 is 0 Å². The fourth-order valence-corrected chi connectivity index (χ4v) is 2.79. The average Bonchev–Trinajstić information content (AvgIpc) is 2.93. The minimum atomic E-state index is -4.42. The van der Waals surface area contributed by atoms with Crippen LogP contribution in [-0.2, 0) is 6.18 Å². The summed E-state index contributed by atoms with van der Waals surface area (Å²) in [5, 5.41) is 9.39. The maximum atomic E-state index is 12.8. The van der Waals surface area contributed by atoms with E-state index in [1.165, 1.54) is 18.2 Å². The lowest BCUT2D eigenvalue weighted by molar-refractivity contribution is -0.139.